The summed E-state index contributed by atoms with van der Waals surface area (Å²) in [6.45, 7) is 3.81. The van der Waals surface area contributed by atoms with E-state index >= 15 is 0 Å². The van der Waals surface area contributed by atoms with Gasteiger partial charge < -0.3 is 10.6 Å². The van der Waals surface area contributed by atoms with Gasteiger partial charge in [-0.2, -0.15) is 5.10 Å². The minimum atomic E-state index is 0.795. The lowest BCUT2D eigenvalue weighted by Gasteiger charge is -2.08. The van der Waals surface area contributed by atoms with E-state index < -0.39 is 0 Å². The van der Waals surface area contributed by atoms with Gasteiger partial charge in [0.2, 0.25) is 0 Å². The van der Waals surface area contributed by atoms with Crippen molar-refractivity contribution < 1.29 is 0 Å². The highest BCUT2D eigenvalue weighted by molar-refractivity contribution is 5.76. The van der Waals surface area contributed by atoms with E-state index in [4.69, 9.17) is 0 Å². The van der Waals surface area contributed by atoms with Crippen LogP contribution in [0.1, 0.15) is 12.5 Å². The molecule has 0 aliphatic rings. The third kappa shape index (κ3) is 2.46. The average Bonchev–Trinajstić information content (AvgIpc) is 2.90. The molecular weight excluding hydrogens is 252 g/mol. The lowest BCUT2D eigenvalue weighted by molar-refractivity contribution is 0.730. The summed E-state index contributed by atoms with van der Waals surface area (Å²) in [6, 6.07) is 5.88. The minimum Gasteiger partial charge on any atom is -0.338 e. The lowest BCUT2D eigenvalue weighted by atomic mass is 10.2. The number of nitrogens with zero attached hydrogens (tertiary/aromatic N) is 4. The smallest absolute Gasteiger partial charge is 0.158 e. The van der Waals surface area contributed by atoms with Gasteiger partial charge in [0.05, 0.1) is 0 Å². The van der Waals surface area contributed by atoms with Crippen LogP contribution in [0.3, 0.4) is 0 Å². The number of pyridine rings is 1. The molecule has 0 fully saturated rings. The number of anilines is 2. The maximum atomic E-state index is 4.35. The quantitative estimate of drug-likeness (QED) is 0.740. The molecule has 2 N–H and O–H groups in total. The van der Waals surface area contributed by atoms with Gasteiger partial charge >= 0.3 is 0 Å². The molecule has 3 heterocycles. The molecule has 0 bridgehead atoms. The Balaban J connectivity index is 1.99. The molecular formula is C14H16N6. The fourth-order valence-electron chi connectivity index (χ4n) is 2.08. The molecule has 3 aromatic rings. The third-order valence-electron chi connectivity index (χ3n) is 3.05. The average molecular weight is 268 g/mol. The molecule has 6 nitrogen and oxygen atoms in total. The zero-order valence-corrected chi connectivity index (χ0v) is 11.2. The van der Waals surface area contributed by atoms with Crippen molar-refractivity contribution in [3.05, 3.63) is 48.7 Å². The minimum absolute atomic E-state index is 0.795. The molecule has 3 rings (SSSR count). The molecule has 0 saturated heterocycles. The van der Waals surface area contributed by atoms with Crippen molar-refractivity contribution in [3.8, 4) is 0 Å². The molecule has 0 atom stereocenters. The standard InChI is InChI=1S/C14H16N6/c1-2-15-9-11-5-8-20-13(11)14(17-10-18-20)19-12-3-6-16-7-4-12/h3-8,10,15H,2,9H2,1H3,(H,16,17,18,19). The number of rotatable bonds is 5. The maximum absolute atomic E-state index is 4.35. The molecule has 6 heteroatoms. The second kappa shape index (κ2) is 5.66. The Morgan fingerprint density at radius 3 is 2.85 bits per heavy atom. The van der Waals surface area contributed by atoms with E-state index in [0.29, 0.717) is 0 Å². The van der Waals surface area contributed by atoms with Crippen molar-refractivity contribution in [1.82, 2.24) is 24.9 Å². The summed E-state index contributed by atoms with van der Waals surface area (Å²) in [5.74, 6) is 0.795. The van der Waals surface area contributed by atoms with Crippen LogP contribution in [0.4, 0.5) is 11.5 Å². The van der Waals surface area contributed by atoms with Gasteiger partial charge in [0, 0.05) is 30.8 Å². The molecule has 3 aromatic heterocycles. The number of nitrogens with one attached hydrogen (secondary N) is 2. The first-order valence-electron chi connectivity index (χ1n) is 6.57. The predicted octanol–water partition coefficient (Wildman–Crippen LogP) is 1.98. The van der Waals surface area contributed by atoms with E-state index in [1.165, 1.54) is 5.56 Å². The summed E-state index contributed by atoms with van der Waals surface area (Å²) in [4.78, 5) is 8.36. The van der Waals surface area contributed by atoms with Crippen molar-refractivity contribution in [2.45, 2.75) is 13.5 Å². The van der Waals surface area contributed by atoms with Gasteiger partial charge in [-0.05, 0) is 30.3 Å². The molecule has 0 unspecified atom stereocenters. The van der Waals surface area contributed by atoms with Crippen LogP contribution in [-0.2, 0) is 6.54 Å². The molecule has 0 aliphatic heterocycles. The summed E-state index contributed by atoms with van der Waals surface area (Å²) >= 11 is 0. The number of aromatic nitrogens is 4. The van der Waals surface area contributed by atoms with Gasteiger partial charge in [-0.15, -0.1) is 0 Å². The number of fused-ring (bicyclic) bond motifs is 1. The summed E-state index contributed by atoms with van der Waals surface area (Å²) in [5, 5.41) is 10.9. The Labute approximate surface area is 116 Å². The molecule has 20 heavy (non-hydrogen) atoms. The fourth-order valence-corrected chi connectivity index (χ4v) is 2.08. The summed E-state index contributed by atoms with van der Waals surface area (Å²) in [6.07, 6.45) is 6.99. The van der Waals surface area contributed by atoms with Crippen molar-refractivity contribution in [2.75, 3.05) is 11.9 Å². The Morgan fingerprint density at radius 1 is 1.20 bits per heavy atom. The van der Waals surface area contributed by atoms with Crippen molar-refractivity contribution in [1.29, 1.82) is 0 Å². The first-order valence-corrected chi connectivity index (χ1v) is 6.57. The number of hydrogen-bond donors (Lipinski definition) is 2. The van der Waals surface area contributed by atoms with Crippen LogP contribution >= 0.6 is 0 Å². The van der Waals surface area contributed by atoms with E-state index in [1.807, 2.05) is 22.8 Å². The van der Waals surface area contributed by atoms with E-state index in [2.05, 4.69) is 38.7 Å². The third-order valence-corrected chi connectivity index (χ3v) is 3.05. The molecule has 102 valence electrons. The van der Waals surface area contributed by atoms with Crippen LogP contribution < -0.4 is 10.6 Å². The molecule has 0 spiro atoms. The van der Waals surface area contributed by atoms with E-state index in [0.717, 1.165) is 30.1 Å². The Kier molecular flexibility index (Phi) is 3.56. The molecule has 0 aromatic carbocycles. The molecule has 0 aliphatic carbocycles. The Hall–Kier alpha value is -2.47. The summed E-state index contributed by atoms with van der Waals surface area (Å²) in [5.41, 5.74) is 3.12. The first kappa shape index (κ1) is 12.6. The first-order chi connectivity index (χ1) is 9.88. The van der Waals surface area contributed by atoms with Crippen molar-refractivity contribution in [3.63, 3.8) is 0 Å². The lowest BCUT2D eigenvalue weighted by Crippen LogP contribution is -2.12. The van der Waals surface area contributed by atoms with Gasteiger partial charge in [0.25, 0.3) is 0 Å². The summed E-state index contributed by atoms with van der Waals surface area (Å²) in [7, 11) is 0. The number of hydrogen-bond acceptors (Lipinski definition) is 5. The van der Waals surface area contributed by atoms with Gasteiger partial charge in [0.1, 0.15) is 11.8 Å². The van der Waals surface area contributed by atoms with Crippen LogP contribution in [0.5, 0.6) is 0 Å². The monoisotopic (exact) mass is 268 g/mol. The molecule has 0 saturated carbocycles. The van der Waals surface area contributed by atoms with E-state index in [-0.39, 0.29) is 0 Å². The SMILES string of the molecule is CCNCc1ccn2ncnc(Nc3ccncc3)c12. The fraction of sp³-hybridized carbons (Fsp3) is 0.214. The van der Waals surface area contributed by atoms with Gasteiger partial charge in [-0.1, -0.05) is 6.92 Å². The zero-order valence-electron chi connectivity index (χ0n) is 11.2. The highest BCUT2D eigenvalue weighted by Gasteiger charge is 2.09. The Bertz CT molecular complexity index is 691. The summed E-state index contributed by atoms with van der Waals surface area (Å²) < 4.78 is 1.84. The van der Waals surface area contributed by atoms with Crippen LogP contribution in [-0.4, -0.2) is 26.1 Å². The van der Waals surface area contributed by atoms with Crippen molar-refractivity contribution >= 4 is 17.0 Å². The van der Waals surface area contributed by atoms with Crippen LogP contribution in [0.2, 0.25) is 0 Å². The molecule has 0 radical (unpaired) electrons. The van der Waals surface area contributed by atoms with Crippen molar-refractivity contribution in [2.24, 2.45) is 0 Å². The largest absolute Gasteiger partial charge is 0.338 e. The topological polar surface area (TPSA) is 67.1 Å². The van der Waals surface area contributed by atoms with Crippen LogP contribution in [0.25, 0.3) is 5.52 Å². The zero-order chi connectivity index (χ0) is 13.8. The highest BCUT2D eigenvalue weighted by atomic mass is 15.3. The Morgan fingerprint density at radius 2 is 2.05 bits per heavy atom. The van der Waals surface area contributed by atoms with E-state index in [9.17, 15) is 0 Å². The maximum Gasteiger partial charge on any atom is 0.158 e. The second-order valence-electron chi connectivity index (χ2n) is 4.38. The van der Waals surface area contributed by atoms with Gasteiger partial charge in [-0.25, -0.2) is 9.50 Å². The van der Waals surface area contributed by atoms with Crippen LogP contribution in [0, 0.1) is 0 Å². The second-order valence-corrected chi connectivity index (χ2v) is 4.38. The van der Waals surface area contributed by atoms with Crippen LogP contribution in [0.15, 0.2) is 43.1 Å². The normalized spacial score (nSPS) is 10.8. The predicted molar refractivity (Wildman–Crippen MR) is 77.9 cm³/mol. The highest BCUT2D eigenvalue weighted by Crippen LogP contribution is 2.22. The van der Waals surface area contributed by atoms with Gasteiger partial charge in [-0.3, -0.25) is 4.98 Å². The van der Waals surface area contributed by atoms with Gasteiger partial charge in [0.15, 0.2) is 5.82 Å². The van der Waals surface area contributed by atoms with E-state index in [1.54, 1.807) is 18.7 Å². The molecule has 0 amide bonds.